The Bertz CT molecular complexity index is 406. The topological polar surface area (TPSA) is 12.0 Å². The molecule has 0 bridgehead atoms. The molecule has 1 fully saturated rings. The summed E-state index contributed by atoms with van der Waals surface area (Å²) in [7, 11) is 0. The van der Waals surface area contributed by atoms with E-state index in [1.807, 2.05) is 12.1 Å². The SMILES string of the molecule is CCCCC(NC1CCC(SCC)C1)c1ccc(F)cc1. The van der Waals surface area contributed by atoms with E-state index in [4.69, 9.17) is 0 Å². The zero-order valence-electron chi connectivity index (χ0n) is 13.3. The number of unbranched alkanes of at least 4 members (excludes halogenated alkanes) is 1. The molecule has 0 radical (unpaired) electrons. The van der Waals surface area contributed by atoms with E-state index in [1.165, 1.54) is 43.4 Å². The molecule has 2 rings (SSSR count). The number of thioether (sulfide) groups is 1. The minimum absolute atomic E-state index is 0.145. The first-order chi connectivity index (χ1) is 10.2. The van der Waals surface area contributed by atoms with Gasteiger partial charge < -0.3 is 5.32 Å². The molecule has 0 spiro atoms. The Labute approximate surface area is 133 Å². The van der Waals surface area contributed by atoms with Gasteiger partial charge in [0.2, 0.25) is 0 Å². The average Bonchev–Trinajstić information content (AvgIpc) is 2.92. The van der Waals surface area contributed by atoms with Crippen molar-refractivity contribution in [2.75, 3.05) is 5.75 Å². The molecule has 1 aromatic rings. The minimum Gasteiger partial charge on any atom is -0.307 e. The largest absolute Gasteiger partial charge is 0.307 e. The third-order valence-corrected chi connectivity index (χ3v) is 5.58. The third-order valence-electron chi connectivity index (χ3n) is 4.34. The number of benzene rings is 1. The second kappa shape index (κ2) is 8.79. The smallest absolute Gasteiger partial charge is 0.123 e. The lowest BCUT2D eigenvalue weighted by atomic mass is 9.99. The lowest BCUT2D eigenvalue weighted by Gasteiger charge is -2.24. The first kappa shape index (κ1) is 16.8. The summed E-state index contributed by atoms with van der Waals surface area (Å²) in [4.78, 5) is 0. The van der Waals surface area contributed by atoms with Gasteiger partial charge in [-0.1, -0.05) is 38.8 Å². The number of hydrogen-bond acceptors (Lipinski definition) is 2. The van der Waals surface area contributed by atoms with Crippen molar-refractivity contribution in [3.05, 3.63) is 35.6 Å². The van der Waals surface area contributed by atoms with E-state index in [1.54, 1.807) is 12.1 Å². The predicted octanol–water partition coefficient (Wildman–Crippen LogP) is 5.32. The molecule has 1 aliphatic rings. The summed E-state index contributed by atoms with van der Waals surface area (Å²) in [5.74, 6) is 1.07. The highest BCUT2D eigenvalue weighted by Crippen LogP contribution is 2.32. The minimum atomic E-state index is -0.145. The molecule has 1 nitrogen and oxygen atoms in total. The molecule has 1 N–H and O–H groups in total. The summed E-state index contributed by atoms with van der Waals surface area (Å²) < 4.78 is 13.1. The lowest BCUT2D eigenvalue weighted by Crippen LogP contribution is -2.31. The van der Waals surface area contributed by atoms with E-state index in [0.717, 1.165) is 11.7 Å². The number of rotatable bonds is 8. The summed E-state index contributed by atoms with van der Waals surface area (Å²) in [6.45, 7) is 4.47. The van der Waals surface area contributed by atoms with Crippen molar-refractivity contribution in [1.82, 2.24) is 5.32 Å². The van der Waals surface area contributed by atoms with Gasteiger partial charge in [0.1, 0.15) is 5.82 Å². The molecule has 3 heteroatoms. The van der Waals surface area contributed by atoms with Crippen molar-refractivity contribution in [3.63, 3.8) is 0 Å². The fourth-order valence-corrected chi connectivity index (χ4v) is 4.36. The predicted molar refractivity (Wildman–Crippen MR) is 91.4 cm³/mol. The van der Waals surface area contributed by atoms with E-state index < -0.39 is 0 Å². The molecule has 1 aromatic carbocycles. The van der Waals surface area contributed by atoms with E-state index in [0.29, 0.717) is 12.1 Å². The Balaban J connectivity index is 1.95. The van der Waals surface area contributed by atoms with Crippen molar-refractivity contribution < 1.29 is 4.39 Å². The molecule has 21 heavy (non-hydrogen) atoms. The summed E-state index contributed by atoms with van der Waals surface area (Å²) in [5, 5.41) is 4.67. The second-order valence-electron chi connectivity index (χ2n) is 6.00. The Morgan fingerprint density at radius 2 is 2.00 bits per heavy atom. The van der Waals surface area contributed by atoms with E-state index >= 15 is 0 Å². The van der Waals surface area contributed by atoms with Crippen molar-refractivity contribution in [3.8, 4) is 0 Å². The maximum Gasteiger partial charge on any atom is 0.123 e. The van der Waals surface area contributed by atoms with Crippen LogP contribution in [0.15, 0.2) is 24.3 Å². The second-order valence-corrected chi connectivity index (χ2v) is 7.58. The standard InChI is InChI=1S/C18H28FNS/c1-3-5-6-18(14-7-9-15(19)10-8-14)20-16-11-12-17(13-16)21-4-2/h7-10,16-18,20H,3-6,11-13H2,1-2H3. The van der Waals surface area contributed by atoms with Gasteiger partial charge in [-0.05, 0) is 49.1 Å². The molecule has 118 valence electrons. The monoisotopic (exact) mass is 309 g/mol. The fraction of sp³-hybridized carbons (Fsp3) is 0.667. The van der Waals surface area contributed by atoms with Gasteiger partial charge in [-0.15, -0.1) is 0 Å². The van der Waals surface area contributed by atoms with Gasteiger partial charge in [0.25, 0.3) is 0 Å². The van der Waals surface area contributed by atoms with E-state index in [9.17, 15) is 4.39 Å². The van der Waals surface area contributed by atoms with Crippen LogP contribution in [0.25, 0.3) is 0 Å². The third kappa shape index (κ3) is 5.30. The van der Waals surface area contributed by atoms with Gasteiger partial charge in [0, 0.05) is 17.3 Å². The normalized spacial score (nSPS) is 23.4. The van der Waals surface area contributed by atoms with Gasteiger partial charge in [-0.3, -0.25) is 0 Å². The van der Waals surface area contributed by atoms with Crippen molar-refractivity contribution in [2.45, 2.75) is 69.7 Å². The first-order valence-electron chi connectivity index (χ1n) is 8.36. The maximum atomic E-state index is 13.1. The van der Waals surface area contributed by atoms with Crippen LogP contribution in [0.2, 0.25) is 0 Å². The summed E-state index contributed by atoms with van der Waals surface area (Å²) >= 11 is 2.10. The average molecular weight is 309 g/mol. The molecular weight excluding hydrogens is 281 g/mol. The van der Waals surface area contributed by atoms with E-state index in [2.05, 4.69) is 30.9 Å². The van der Waals surface area contributed by atoms with Crippen molar-refractivity contribution >= 4 is 11.8 Å². The lowest BCUT2D eigenvalue weighted by molar-refractivity contribution is 0.411. The number of hydrogen-bond donors (Lipinski definition) is 1. The van der Waals surface area contributed by atoms with Crippen LogP contribution in [0.3, 0.4) is 0 Å². The zero-order valence-corrected chi connectivity index (χ0v) is 14.1. The van der Waals surface area contributed by atoms with Gasteiger partial charge in [-0.25, -0.2) is 4.39 Å². The van der Waals surface area contributed by atoms with Crippen LogP contribution in [0.4, 0.5) is 4.39 Å². The van der Waals surface area contributed by atoms with Crippen LogP contribution in [0.5, 0.6) is 0 Å². The number of halogens is 1. The molecule has 0 saturated heterocycles. The Morgan fingerprint density at radius 1 is 1.24 bits per heavy atom. The Morgan fingerprint density at radius 3 is 2.67 bits per heavy atom. The van der Waals surface area contributed by atoms with Crippen LogP contribution in [0, 0.1) is 5.82 Å². The van der Waals surface area contributed by atoms with Gasteiger partial charge in [-0.2, -0.15) is 11.8 Å². The molecule has 0 aliphatic heterocycles. The summed E-state index contributed by atoms with van der Waals surface area (Å²) in [6.07, 6.45) is 7.46. The molecule has 0 amide bonds. The highest BCUT2D eigenvalue weighted by molar-refractivity contribution is 7.99. The van der Waals surface area contributed by atoms with E-state index in [-0.39, 0.29) is 5.82 Å². The van der Waals surface area contributed by atoms with Crippen LogP contribution in [0.1, 0.15) is 64.0 Å². The van der Waals surface area contributed by atoms with Crippen LogP contribution in [-0.4, -0.2) is 17.0 Å². The first-order valence-corrected chi connectivity index (χ1v) is 9.40. The Hall–Kier alpha value is -0.540. The molecule has 0 heterocycles. The molecule has 1 saturated carbocycles. The molecule has 3 atom stereocenters. The van der Waals surface area contributed by atoms with Crippen LogP contribution >= 0.6 is 11.8 Å². The molecule has 0 aromatic heterocycles. The van der Waals surface area contributed by atoms with Crippen LogP contribution < -0.4 is 5.32 Å². The van der Waals surface area contributed by atoms with Gasteiger partial charge in [0.15, 0.2) is 0 Å². The fourth-order valence-electron chi connectivity index (χ4n) is 3.21. The summed E-state index contributed by atoms with van der Waals surface area (Å²) in [5.41, 5.74) is 1.23. The highest BCUT2D eigenvalue weighted by atomic mass is 32.2. The Kier molecular flexibility index (Phi) is 7.05. The molecular formula is C18H28FNS. The van der Waals surface area contributed by atoms with Crippen molar-refractivity contribution in [1.29, 1.82) is 0 Å². The molecule has 3 unspecified atom stereocenters. The van der Waals surface area contributed by atoms with Crippen molar-refractivity contribution in [2.24, 2.45) is 0 Å². The maximum absolute atomic E-state index is 13.1. The zero-order chi connectivity index (χ0) is 15.1. The van der Waals surface area contributed by atoms with Gasteiger partial charge in [0.05, 0.1) is 0 Å². The summed E-state index contributed by atoms with van der Waals surface area (Å²) in [6, 6.07) is 8.05. The molecule has 1 aliphatic carbocycles. The number of nitrogens with one attached hydrogen (secondary N) is 1. The highest BCUT2D eigenvalue weighted by Gasteiger charge is 2.26. The van der Waals surface area contributed by atoms with Crippen LogP contribution in [-0.2, 0) is 0 Å². The quantitative estimate of drug-likeness (QED) is 0.697. The van der Waals surface area contributed by atoms with Gasteiger partial charge >= 0.3 is 0 Å².